The van der Waals surface area contributed by atoms with Crippen LogP contribution in [0.15, 0.2) is 103 Å². The summed E-state index contributed by atoms with van der Waals surface area (Å²) < 4.78 is 40.1. The number of ether oxygens (including phenoxy) is 7. The maximum Gasteiger partial charge on any atom is 0.126 e. The highest BCUT2D eigenvalue weighted by molar-refractivity contribution is 7.80. The van der Waals surface area contributed by atoms with Gasteiger partial charge in [0, 0.05) is 31.0 Å². The molecule has 0 aliphatic carbocycles. The molecule has 0 saturated heterocycles. The summed E-state index contributed by atoms with van der Waals surface area (Å²) in [5.74, 6) is 2.93. The highest BCUT2D eigenvalue weighted by Gasteiger charge is 2.17. The molecule has 0 unspecified atom stereocenters. The fourth-order valence-corrected chi connectivity index (χ4v) is 6.00. The van der Waals surface area contributed by atoms with Crippen LogP contribution in [0.1, 0.15) is 54.5 Å². The Morgan fingerprint density at radius 1 is 0.792 bits per heavy atom. The second-order valence-electron chi connectivity index (χ2n) is 12.1. The van der Waals surface area contributed by atoms with Crippen LogP contribution < -0.4 is 9.47 Å². The summed E-state index contributed by atoms with van der Waals surface area (Å²) in [5.41, 5.74) is 8.64. The normalized spacial score (nSPS) is 12.2. The van der Waals surface area contributed by atoms with Crippen molar-refractivity contribution in [2.75, 3.05) is 79.4 Å². The summed E-state index contributed by atoms with van der Waals surface area (Å²) in [5, 5.41) is 0. The van der Waals surface area contributed by atoms with Gasteiger partial charge in [0.05, 0.1) is 66.7 Å². The molecule has 0 radical (unpaired) electrons. The van der Waals surface area contributed by atoms with E-state index in [0.717, 1.165) is 68.9 Å². The van der Waals surface area contributed by atoms with E-state index in [2.05, 4.69) is 87.0 Å². The van der Waals surface area contributed by atoms with Crippen molar-refractivity contribution in [2.45, 2.75) is 51.7 Å². The lowest BCUT2D eigenvalue weighted by atomic mass is 9.94. The zero-order valence-electron chi connectivity index (χ0n) is 32.4. The Bertz CT molecular complexity index is 1480. The van der Waals surface area contributed by atoms with Crippen LogP contribution in [-0.4, -0.2) is 79.4 Å². The maximum atomic E-state index is 6.54. The number of hydrogen-bond donors (Lipinski definition) is 2. The van der Waals surface area contributed by atoms with Crippen LogP contribution >= 0.6 is 25.3 Å². The second kappa shape index (κ2) is 29.2. The van der Waals surface area contributed by atoms with Crippen LogP contribution in [0, 0.1) is 0 Å². The second-order valence-corrected chi connectivity index (χ2v) is 12.8. The molecule has 2 rings (SSSR count). The van der Waals surface area contributed by atoms with Crippen molar-refractivity contribution in [3.05, 3.63) is 131 Å². The fourth-order valence-electron chi connectivity index (χ4n) is 5.62. The highest BCUT2D eigenvalue weighted by Crippen LogP contribution is 2.34. The quantitative estimate of drug-likeness (QED) is 0.0270. The van der Waals surface area contributed by atoms with Crippen LogP contribution in [0.4, 0.5) is 0 Å². The number of allylic oxidation sites excluding steroid dienone is 8. The first-order chi connectivity index (χ1) is 25.9. The standard InChI is InChI=1S/C44H62O7S2/c1-7-10-14-36(32-45-5)28-37(33-52)15-11-16-39-17-12-18-40(44(39)51-26-25-50-24-23-49-22-21-48-20-19-47-9-3)31-42-30-38(34-53)29-41(43(42)46-6)27-35(4)13-8-2/h7-8,11-13,15,17-18,28-30,32,52-53H,1,4,9-10,14,16,19-27,31,33-34H2,2-3,5-6H3/b13-8-,15-11-,36-32+,37-28+. The molecule has 0 amide bonds. The number of hydrogen-bond acceptors (Lipinski definition) is 9. The summed E-state index contributed by atoms with van der Waals surface area (Å²) in [4.78, 5) is 0. The molecule has 9 heteroatoms. The van der Waals surface area contributed by atoms with Gasteiger partial charge in [0.15, 0.2) is 0 Å². The molecule has 53 heavy (non-hydrogen) atoms. The van der Waals surface area contributed by atoms with Gasteiger partial charge in [0.1, 0.15) is 18.1 Å². The highest BCUT2D eigenvalue weighted by atomic mass is 32.1. The lowest BCUT2D eigenvalue weighted by Crippen LogP contribution is -2.14. The van der Waals surface area contributed by atoms with E-state index >= 15 is 0 Å². The van der Waals surface area contributed by atoms with Crippen LogP contribution in [0.3, 0.4) is 0 Å². The summed E-state index contributed by atoms with van der Waals surface area (Å²) in [6.45, 7) is 16.8. The third-order valence-corrected chi connectivity index (χ3v) is 8.72. The van der Waals surface area contributed by atoms with Gasteiger partial charge in [-0.1, -0.05) is 78.9 Å². The Kier molecular flexibility index (Phi) is 25.3. The number of benzene rings is 2. The average Bonchev–Trinajstić information content (AvgIpc) is 3.15. The Morgan fingerprint density at radius 2 is 1.45 bits per heavy atom. The number of thiol groups is 2. The van der Waals surface area contributed by atoms with E-state index in [-0.39, 0.29) is 0 Å². The number of methoxy groups -OCH3 is 2. The first kappa shape index (κ1) is 46.0. The molecule has 0 N–H and O–H groups in total. The van der Waals surface area contributed by atoms with Gasteiger partial charge in [-0.25, -0.2) is 0 Å². The van der Waals surface area contributed by atoms with Crippen LogP contribution in [0.25, 0.3) is 0 Å². The van der Waals surface area contributed by atoms with Crippen molar-refractivity contribution in [3.8, 4) is 11.5 Å². The molecular weight excluding hydrogens is 705 g/mol. The van der Waals surface area contributed by atoms with Crippen LogP contribution in [-0.2, 0) is 48.7 Å². The van der Waals surface area contributed by atoms with E-state index in [1.165, 1.54) is 0 Å². The van der Waals surface area contributed by atoms with E-state index in [1.807, 2.05) is 32.1 Å². The summed E-state index contributed by atoms with van der Waals surface area (Å²) in [6, 6.07) is 10.7. The summed E-state index contributed by atoms with van der Waals surface area (Å²) in [7, 11) is 3.40. The maximum absolute atomic E-state index is 6.54. The Labute approximate surface area is 330 Å². The first-order valence-corrected chi connectivity index (χ1v) is 19.7. The van der Waals surface area contributed by atoms with E-state index in [4.69, 9.17) is 33.2 Å². The smallest absolute Gasteiger partial charge is 0.126 e. The van der Waals surface area contributed by atoms with Crippen molar-refractivity contribution >= 4 is 25.3 Å². The lowest BCUT2D eigenvalue weighted by Gasteiger charge is -2.19. The Hall–Kier alpha value is -3.18. The zero-order valence-corrected chi connectivity index (χ0v) is 34.2. The van der Waals surface area contributed by atoms with Crippen LogP contribution in [0.2, 0.25) is 0 Å². The molecule has 0 saturated carbocycles. The predicted octanol–water partition coefficient (Wildman–Crippen LogP) is 9.31. The molecule has 0 aliphatic rings. The topological polar surface area (TPSA) is 64.6 Å². The molecule has 292 valence electrons. The molecule has 0 heterocycles. The minimum atomic E-state index is 0.396. The molecule has 0 atom stereocenters. The van der Waals surface area contributed by atoms with Crippen molar-refractivity contribution < 1.29 is 33.2 Å². The average molecular weight is 767 g/mol. The molecule has 0 aliphatic heterocycles. The molecular formula is C44H62O7S2. The molecule has 0 fully saturated rings. The van der Waals surface area contributed by atoms with Gasteiger partial charge in [-0.2, -0.15) is 25.3 Å². The van der Waals surface area contributed by atoms with Gasteiger partial charge in [-0.3, -0.25) is 0 Å². The van der Waals surface area contributed by atoms with E-state index in [1.54, 1.807) is 20.5 Å². The monoisotopic (exact) mass is 766 g/mol. The van der Waals surface area contributed by atoms with Crippen molar-refractivity contribution in [2.24, 2.45) is 0 Å². The third kappa shape index (κ3) is 18.6. The fraction of sp³-hybridized carbons (Fsp3) is 0.455. The first-order valence-electron chi connectivity index (χ1n) is 18.4. The van der Waals surface area contributed by atoms with Gasteiger partial charge in [-0.05, 0) is 72.1 Å². The SMILES string of the molecule is C=CCCC(/C=C(\C=C/Cc1cccc(Cc2cc(CS)cc(CC(=C)/C=C\C)c2OC)c1OCCOCCOCCOCCOCC)CS)=C\OC. The third-order valence-electron chi connectivity index (χ3n) is 7.99. The minimum absolute atomic E-state index is 0.396. The van der Waals surface area contributed by atoms with Gasteiger partial charge < -0.3 is 33.2 Å². The van der Waals surface area contributed by atoms with Crippen LogP contribution in [0.5, 0.6) is 11.5 Å². The largest absolute Gasteiger partial charge is 0.504 e. The van der Waals surface area contributed by atoms with Crippen molar-refractivity contribution in [1.82, 2.24) is 0 Å². The van der Waals surface area contributed by atoms with E-state index in [0.29, 0.717) is 90.2 Å². The Morgan fingerprint density at radius 3 is 2.06 bits per heavy atom. The van der Waals surface area contributed by atoms with Gasteiger partial charge in [-0.15, -0.1) is 6.58 Å². The van der Waals surface area contributed by atoms with Crippen molar-refractivity contribution in [3.63, 3.8) is 0 Å². The molecule has 2 aromatic rings. The molecule has 0 spiro atoms. The van der Waals surface area contributed by atoms with Crippen molar-refractivity contribution in [1.29, 1.82) is 0 Å². The molecule has 2 aromatic carbocycles. The van der Waals surface area contributed by atoms with Gasteiger partial charge >= 0.3 is 0 Å². The summed E-state index contributed by atoms with van der Waals surface area (Å²) >= 11 is 9.22. The van der Waals surface area contributed by atoms with E-state index in [9.17, 15) is 0 Å². The van der Waals surface area contributed by atoms with Gasteiger partial charge in [0.25, 0.3) is 0 Å². The minimum Gasteiger partial charge on any atom is -0.504 e. The molecule has 7 nitrogen and oxygen atoms in total. The molecule has 0 aromatic heterocycles. The van der Waals surface area contributed by atoms with E-state index < -0.39 is 0 Å². The predicted molar refractivity (Wildman–Crippen MR) is 226 cm³/mol. The number of rotatable bonds is 30. The zero-order chi connectivity index (χ0) is 38.5. The molecule has 0 bridgehead atoms. The Balaban J connectivity index is 2.28. The lowest BCUT2D eigenvalue weighted by molar-refractivity contribution is -0.00346. The van der Waals surface area contributed by atoms with Gasteiger partial charge in [0.2, 0.25) is 0 Å². The summed E-state index contributed by atoms with van der Waals surface area (Å²) in [6.07, 6.45) is 17.9. The number of para-hydroxylation sites is 1.